The first kappa shape index (κ1) is 13.0. The lowest BCUT2D eigenvalue weighted by molar-refractivity contribution is 0.156. The van der Waals surface area contributed by atoms with Gasteiger partial charge in [0.05, 0.1) is 0 Å². The van der Waals surface area contributed by atoms with E-state index in [1.807, 2.05) is 36.4 Å². The van der Waals surface area contributed by atoms with Gasteiger partial charge in [-0.1, -0.05) is 30.3 Å². The lowest BCUT2D eigenvalue weighted by atomic mass is 10.1. The molecule has 0 unspecified atom stereocenters. The molecule has 0 aliphatic carbocycles. The Kier molecular flexibility index (Phi) is 3.61. The number of fused-ring (bicyclic) bond motifs is 1. The summed E-state index contributed by atoms with van der Waals surface area (Å²) in [6.45, 7) is 4.66. The van der Waals surface area contributed by atoms with Crippen LogP contribution in [0.25, 0.3) is 0 Å². The molecule has 2 aromatic rings. The Balaban J connectivity index is 1.80. The molecule has 1 aliphatic heterocycles. The molecule has 0 radical (unpaired) electrons. The Bertz CT molecular complexity index is 597. The van der Waals surface area contributed by atoms with Crippen LogP contribution < -0.4 is 4.74 Å². The summed E-state index contributed by atoms with van der Waals surface area (Å²) >= 11 is 0. The van der Waals surface area contributed by atoms with Gasteiger partial charge in [-0.25, -0.2) is 0 Å². The molecule has 20 heavy (non-hydrogen) atoms. The van der Waals surface area contributed by atoms with Crippen LogP contribution in [0.1, 0.15) is 18.1 Å². The Morgan fingerprint density at radius 1 is 1.20 bits per heavy atom. The van der Waals surface area contributed by atoms with Crippen LogP contribution in [0.3, 0.4) is 0 Å². The van der Waals surface area contributed by atoms with E-state index in [2.05, 4.69) is 17.9 Å². The summed E-state index contributed by atoms with van der Waals surface area (Å²) in [6, 6.07) is 15.7. The number of hydrogen-bond acceptors (Lipinski definition) is 3. The Labute approximate surface area is 119 Å². The Morgan fingerprint density at radius 3 is 2.90 bits per heavy atom. The SMILES string of the molecule is C[C@@H]1CN(Cc2cccc(O)c2)Cc2ccccc2O1. The van der Waals surface area contributed by atoms with Crippen molar-refractivity contribution in [3.8, 4) is 11.5 Å². The summed E-state index contributed by atoms with van der Waals surface area (Å²) in [5, 5.41) is 9.56. The minimum Gasteiger partial charge on any atom is -0.508 e. The normalized spacial score (nSPS) is 18.9. The third-order valence-electron chi connectivity index (χ3n) is 3.53. The Hall–Kier alpha value is -2.00. The fourth-order valence-corrected chi connectivity index (χ4v) is 2.71. The first-order valence-electron chi connectivity index (χ1n) is 6.95. The number of phenols is 1. The van der Waals surface area contributed by atoms with E-state index in [1.54, 1.807) is 6.07 Å². The molecule has 0 saturated carbocycles. The number of aromatic hydroxyl groups is 1. The van der Waals surface area contributed by atoms with Crippen molar-refractivity contribution in [2.24, 2.45) is 0 Å². The topological polar surface area (TPSA) is 32.7 Å². The first-order valence-corrected chi connectivity index (χ1v) is 6.95. The van der Waals surface area contributed by atoms with E-state index in [4.69, 9.17) is 4.74 Å². The Morgan fingerprint density at radius 2 is 2.05 bits per heavy atom. The summed E-state index contributed by atoms with van der Waals surface area (Å²) < 4.78 is 5.96. The highest BCUT2D eigenvalue weighted by atomic mass is 16.5. The molecule has 1 heterocycles. The van der Waals surface area contributed by atoms with Gasteiger partial charge in [0.25, 0.3) is 0 Å². The van der Waals surface area contributed by atoms with Crippen LogP contribution in [0.4, 0.5) is 0 Å². The summed E-state index contributed by atoms with van der Waals surface area (Å²) in [5.74, 6) is 1.31. The van der Waals surface area contributed by atoms with Crippen molar-refractivity contribution in [3.05, 3.63) is 59.7 Å². The molecule has 0 aromatic heterocycles. The van der Waals surface area contributed by atoms with Crippen LogP contribution in [0.5, 0.6) is 11.5 Å². The molecule has 0 bridgehead atoms. The van der Waals surface area contributed by atoms with Crippen molar-refractivity contribution in [1.82, 2.24) is 4.90 Å². The van der Waals surface area contributed by atoms with Crippen molar-refractivity contribution in [1.29, 1.82) is 0 Å². The molecule has 2 aromatic carbocycles. The summed E-state index contributed by atoms with van der Waals surface area (Å²) in [7, 11) is 0. The number of ether oxygens (including phenoxy) is 1. The molecular weight excluding hydrogens is 250 g/mol. The maximum absolute atomic E-state index is 9.56. The molecular formula is C17H19NO2. The standard InChI is InChI=1S/C17H19NO2/c1-13-10-18(11-14-5-4-7-16(19)9-14)12-15-6-2-3-8-17(15)20-13/h2-9,13,19H,10-12H2,1H3/t13-/m1/s1. The van der Waals surface area contributed by atoms with Crippen molar-refractivity contribution in [2.75, 3.05) is 6.54 Å². The van der Waals surface area contributed by atoms with Crippen molar-refractivity contribution in [3.63, 3.8) is 0 Å². The van der Waals surface area contributed by atoms with E-state index in [9.17, 15) is 5.11 Å². The van der Waals surface area contributed by atoms with Gasteiger partial charge in [0.15, 0.2) is 0 Å². The summed E-state index contributed by atoms with van der Waals surface area (Å²) in [5.41, 5.74) is 2.34. The quantitative estimate of drug-likeness (QED) is 0.909. The van der Waals surface area contributed by atoms with Crippen molar-refractivity contribution < 1.29 is 9.84 Å². The maximum atomic E-state index is 9.56. The van der Waals surface area contributed by atoms with Crippen molar-refractivity contribution in [2.45, 2.75) is 26.1 Å². The van der Waals surface area contributed by atoms with Crippen LogP contribution in [-0.4, -0.2) is 22.7 Å². The number of nitrogens with zero attached hydrogens (tertiary/aromatic N) is 1. The lowest BCUT2D eigenvalue weighted by Crippen LogP contribution is -2.30. The summed E-state index contributed by atoms with van der Waals surface area (Å²) in [6.07, 6.45) is 0.163. The molecule has 0 amide bonds. The van der Waals surface area contributed by atoms with Gasteiger partial charge in [-0.3, -0.25) is 4.90 Å². The van der Waals surface area contributed by atoms with Gasteiger partial charge < -0.3 is 9.84 Å². The van der Waals surface area contributed by atoms with Crippen LogP contribution in [-0.2, 0) is 13.1 Å². The molecule has 0 fully saturated rings. The minimum absolute atomic E-state index is 0.163. The molecule has 0 saturated heterocycles. The van der Waals surface area contributed by atoms with E-state index >= 15 is 0 Å². The number of benzene rings is 2. The van der Waals surface area contributed by atoms with Gasteiger partial charge in [-0.05, 0) is 30.7 Å². The van der Waals surface area contributed by atoms with Gasteiger partial charge in [0.1, 0.15) is 17.6 Å². The monoisotopic (exact) mass is 269 g/mol. The smallest absolute Gasteiger partial charge is 0.124 e. The average molecular weight is 269 g/mol. The van der Waals surface area contributed by atoms with E-state index < -0.39 is 0 Å². The maximum Gasteiger partial charge on any atom is 0.124 e. The molecule has 1 N–H and O–H groups in total. The third-order valence-corrected chi connectivity index (χ3v) is 3.53. The van der Waals surface area contributed by atoms with Gasteiger partial charge in [-0.15, -0.1) is 0 Å². The molecule has 3 rings (SSSR count). The van der Waals surface area contributed by atoms with Crippen molar-refractivity contribution >= 4 is 0 Å². The number of hydrogen-bond donors (Lipinski definition) is 1. The highest BCUT2D eigenvalue weighted by molar-refractivity contribution is 5.34. The zero-order chi connectivity index (χ0) is 13.9. The molecule has 3 heteroatoms. The zero-order valence-corrected chi connectivity index (χ0v) is 11.6. The molecule has 1 atom stereocenters. The highest BCUT2D eigenvalue weighted by Gasteiger charge is 2.19. The molecule has 1 aliphatic rings. The third kappa shape index (κ3) is 2.94. The molecule has 0 spiro atoms. The van der Waals surface area contributed by atoms with Crippen LogP contribution in [0, 0.1) is 0 Å². The number of para-hydroxylation sites is 1. The summed E-state index contributed by atoms with van der Waals surface area (Å²) in [4.78, 5) is 2.35. The number of rotatable bonds is 2. The second kappa shape index (κ2) is 5.55. The first-order chi connectivity index (χ1) is 9.70. The lowest BCUT2D eigenvalue weighted by Gasteiger charge is -2.21. The fourth-order valence-electron chi connectivity index (χ4n) is 2.71. The van der Waals surface area contributed by atoms with E-state index in [1.165, 1.54) is 5.56 Å². The largest absolute Gasteiger partial charge is 0.508 e. The molecule has 3 nitrogen and oxygen atoms in total. The van der Waals surface area contributed by atoms with E-state index in [0.29, 0.717) is 5.75 Å². The molecule has 104 valence electrons. The minimum atomic E-state index is 0.163. The average Bonchev–Trinajstić information content (AvgIpc) is 2.56. The van der Waals surface area contributed by atoms with Gasteiger partial charge in [0, 0.05) is 25.2 Å². The second-order valence-electron chi connectivity index (χ2n) is 5.38. The van der Waals surface area contributed by atoms with E-state index in [-0.39, 0.29) is 6.10 Å². The van der Waals surface area contributed by atoms with Crippen LogP contribution >= 0.6 is 0 Å². The van der Waals surface area contributed by atoms with Gasteiger partial charge in [-0.2, -0.15) is 0 Å². The predicted octanol–water partition coefficient (Wildman–Crippen LogP) is 3.18. The second-order valence-corrected chi connectivity index (χ2v) is 5.38. The number of phenolic OH excluding ortho intramolecular Hbond substituents is 1. The fraction of sp³-hybridized carbons (Fsp3) is 0.294. The van der Waals surface area contributed by atoms with Gasteiger partial charge >= 0.3 is 0 Å². The zero-order valence-electron chi connectivity index (χ0n) is 11.6. The predicted molar refractivity (Wildman–Crippen MR) is 78.8 cm³/mol. The van der Waals surface area contributed by atoms with E-state index in [0.717, 1.165) is 30.9 Å². The highest BCUT2D eigenvalue weighted by Crippen LogP contribution is 2.25. The van der Waals surface area contributed by atoms with Gasteiger partial charge in [0.2, 0.25) is 0 Å². The van der Waals surface area contributed by atoms with Crippen LogP contribution in [0.15, 0.2) is 48.5 Å². The van der Waals surface area contributed by atoms with Crippen LogP contribution in [0.2, 0.25) is 0 Å².